The fraction of sp³-hybridized carbons (Fsp3) is 0.231. The molecular formula is C26H27NO3. The number of ether oxygens (including phenoxy) is 1. The molecule has 0 bridgehead atoms. The van der Waals surface area contributed by atoms with Crippen LogP contribution < -0.4 is 4.90 Å². The third-order valence-corrected chi connectivity index (χ3v) is 4.95. The molecule has 0 aromatic heterocycles. The number of carbonyl (C=O) groups is 2. The molecule has 3 rings (SSSR count). The maximum absolute atomic E-state index is 12.8. The Morgan fingerprint density at radius 2 is 1.23 bits per heavy atom. The summed E-state index contributed by atoms with van der Waals surface area (Å²) in [5.74, 6) is -0.747. The number of hydrogen-bond donors (Lipinski definition) is 0. The van der Waals surface area contributed by atoms with E-state index in [1.165, 1.54) is 0 Å². The fourth-order valence-electron chi connectivity index (χ4n) is 3.55. The van der Waals surface area contributed by atoms with Crippen molar-refractivity contribution in [2.24, 2.45) is 0 Å². The molecule has 0 saturated carbocycles. The number of rotatable bonds is 8. The van der Waals surface area contributed by atoms with Crippen LogP contribution in [0, 0.1) is 0 Å². The summed E-state index contributed by atoms with van der Waals surface area (Å²) in [7, 11) is 0. The second-order valence-corrected chi connectivity index (χ2v) is 7.43. The van der Waals surface area contributed by atoms with E-state index in [0.717, 1.165) is 16.8 Å². The number of carbonyl (C=O) groups excluding carboxylic acids is 2. The van der Waals surface area contributed by atoms with E-state index in [4.69, 9.17) is 4.74 Å². The summed E-state index contributed by atoms with van der Waals surface area (Å²) in [5, 5.41) is 0. The van der Waals surface area contributed by atoms with Gasteiger partial charge in [-0.2, -0.15) is 0 Å². The van der Waals surface area contributed by atoms with Gasteiger partial charge < -0.3 is 9.64 Å². The number of nitrogens with zero attached hydrogens (tertiary/aromatic N) is 1. The van der Waals surface area contributed by atoms with Crippen LogP contribution in [0.25, 0.3) is 0 Å². The summed E-state index contributed by atoms with van der Waals surface area (Å²) in [6, 6.07) is 29.1. The van der Waals surface area contributed by atoms with Gasteiger partial charge in [-0.05, 0) is 37.1 Å². The second kappa shape index (κ2) is 10.4. The number of esters is 1. The Morgan fingerprint density at radius 1 is 0.767 bits per heavy atom. The topological polar surface area (TPSA) is 46.6 Å². The van der Waals surface area contributed by atoms with Gasteiger partial charge in [-0.15, -0.1) is 0 Å². The predicted molar refractivity (Wildman–Crippen MR) is 119 cm³/mol. The van der Waals surface area contributed by atoms with Gasteiger partial charge in [0.25, 0.3) is 5.91 Å². The molecule has 0 fully saturated rings. The zero-order valence-corrected chi connectivity index (χ0v) is 17.4. The Kier molecular flexibility index (Phi) is 7.39. The van der Waals surface area contributed by atoms with E-state index in [2.05, 4.69) is 0 Å². The van der Waals surface area contributed by atoms with Crippen LogP contribution in [0.2, 0.25) is 0 Å². The standard InChI is InChI=1S/C26H27NO3/c1-20(2)27(23-16-10-5-11-17-23)25(28)19-30-26(29)18-24(21-12-6-3-7-13-21)22-14-8-4-9-15-22/h3-17,20,24H,18-19H2,1-2H3. The summed E-state index contributed by atoms with van der Waals surface area (Å²) in [6.45, 7) is 3.60. The van der Waals surface area contributed by atoms with Crippen LogP contribution in [0.4, 0.5) is 5.69 Å². The molecule has 4 nitrogen and oxygen atoms in total. The quantitative estimate of drug-likeness (QED) is 0.488. The van der Waals surface area contributed by atoms with Crippen LogP contribution in [-0.4, -0.2) is 24.5 Å². The summed E-state index contributed by atoms with van der Waals surface area (Å²) in [6.07, 6.45) is 0.175. The van der Waals surface area contributed by atoms with Crippen molar-refractivity contribution in [1.82, 2.24) is 0 Å². The molecule has 0 spiro atoms. The highest BCUT2D eigenvalue weighted by molar-refractivity contribution is 5.95. The molecule has 0 heterocycles. The van der Waals surface area contributed by atoms with E-state index < -0.39 is 5.97 Å². The molecule has 0 aliphatic heterocycles. The fourth-order valence-corrected chi connectivity index (χ4v) is 3.55. The van der Waals surface area contributed by atoms with Gasteiger partial charge in [-0.1, -0.05) is 78.9 Å². The van der Waals surface area contributed by atoms with E-state index >= 15 is 0 Å². The molecule has 0 N–H and O–H groups in total. The molecule has 30 heavy (non-hydrogen) atoms. The molecule has 0 radical (unpaired) electrons. The lowest BCUT2D eigenvalue weighted by Crippen LogP contribution is -2.40. The maximum Gasteiger partial charge on any atom is 0.307 e. The van der Waals surface area contributed by atoms with Gasteiger partial charge >= 0.3 is 5.97 Å². The molecule has 0 atom stereocenters. The molecule has 1 amide bonds. The summed E-state index contributed by atoms with van der Waals surface area (Å²) < 4.78 is 5.40. The average Bonchev–Trinajstić information content (AvgIpc) is 2.78. The first-order valence-electron chi connectivity index (χ1n) is 10.2. The van der Waals surface area contributed by atoms with Crippen molar-refractivity contribution < 1.29 is 14.3 Å². The highest BCUT2D eigenvalue weighted by Crippen LogP contribution is 2.28. The van der Waals surface area contributed by atoms with Crippen LogP contribution >= 0.6 is 0 Å². The summed E-state index contributed by atoms with van der Waals surface area (Å²) >= 11 is 0. The maximum atomic E-state index is 12.8. The summed E-state index contributed by atoms with van der Waals surface area (Å²) in [4.78, 5) is 27.1. The third kappa shape index (κ3) is 5.57. The Morgan fingerprint density at radius 3 is 1.70 bits per heavy atom. The van der Waals surface area contributed by atoms with Gasteiger partial charge in [0, 0.05) is 17.6 Å². The van der Waals surface area contributed by atoms with Crippen molar-refractivity contribution in [2.75, 3.05) is 11.5 Å². The van der Waals surface area contributed by atoms with E-state index in [1.54, 1.807) is 4.90 Å². The number of benzene rings is 3. The van der Waals surface area contributed by atoms with Crippen LogP contribution in [0.5, 0.6) is 0 Å². The molecule has 0 saturated heterocycles. The second-order valence-electron chi connectivity index (χ2n) is 7.43. The first kappa shape index (κ1) is 21.3. The van der Waals surface area contributed by atoms with E-state index in [9.17, 15) is 9.59 Å². The lowest BCUT2D eigenvalue weighted by Gasteiger charge is -2.26. The Bertz CT molecular complexity index is 900. The highest BCUT2D eigenvalue weighted by atomic mass is 16.5. The lowest BCUT2D eigenvalue weighted by molar-refractivity contribution is -0.148. The Labute approximate surface area is 178 Å². The number of amides is 1. The Hall–Kier alpha value is -3.40. The number of anilines is 1. The van der Waals surface area contributed by atoms with E-state index in [1.807, 2.05) is 105 Å². The Balaban J connectivity index is 1.68. The molecule has 0 aliphatic rings. The average molecular weight is 402 g/mol. The van der Waals surface area contributed by atoms with Crippen molar-refractivity contribution in [3.8, 4) is 0 Å². The monoisotopic (exact) mass is 401 g/mol. The lowest BCUT2D eigenvalue weighted by atomic mass is 9.89. The van der Waals surface area contributed by atoms with Gasteiger partial charge in [-0.25, -0.2) is 0 Å². The zero-order valence-electron chi connectivity index (χ0n) is 17.4. The molecule has 0 aliphatic carbocycles. The number of para-hydroxylation sites is 1. The van der Waals surface area contributed by atoms with Crippen LogP contribution in [0.3, 0.4) is 0 Å². The molecule has 0 unspecified atom stereocenters. The zero-order chi connectivity index (χ0) is 21.3. The van der Waals surface area contributed by atoms with Gasteiger partial charge in [0.05, 0.1) is 6.42 Å². The minimum absolute atomic E-state index is 0.0417. The molecule has 3 aromatic carbocycles. The van der Waals surface area contributed by atoms with Crippen molar-refractivity contribution >= 4 is 17.6 Å². The van der Waals surface area contributed by atoms with E-state index in [0.29, 0.717) is 0 Å². The SMILES string of the molecule is CC(C)N(C(=O)COC(=O)CC(c1ccccc1)c1ccccc1)c1ccccc1. The summed E-state index contributed by atoms with van der Waals surface area (Å²) in [5.41, 5.74) is 2.88. The first-order chi connectivity index (χ1) is 14.6. The normalized spacial score (nSPS) is 10.8. The third-order valence-electron chi connectivity index (χ3n) is 4.95. The van der Waals surface area contributed by atoms with Crippen molar-refractivity contribution in [2.45, 2.75) is 32.2 Å². The van der Waals surface area contributed by atoms with Gasteiger partial charge in [0.15, 0.2) is 6.61 Å². The van der Waals surface area contributed by atoms with Crippen molar-refractivity contribution in [3.63, 3.8) is 0 Å². The first-order valence-corrected chi connectivity index (χ1v) is 10.2. The van der Waals surface area contributed by atoms with Gasteiger partial charge in [-0.3, -0.25) is 9.59 Å². The smallest absolute Gasteiger partial charge is 0.307 e. The van der Waals surface area contributed by atoms with Gasteiger partial charge in [0.1, 0.15) is 0 Å². The predicted octanol–water partition coefficient (Wildman–Crippen LogP) is 5.19. The van der Waals surface area contributed by atoms with Crippen molar-refractivity contribution in [3.05, 3.63) is 102 Å². The molecule has 3 aromatic rings. The van der Waals surface area contributed by atoms with Crippen LogP contribution in [0.1, 0.15) is 37.3 Å². The minimum Gasteiger partial charge on any atom is -0.456 e. The molecule has 154 valence electrons. The van der Waals surface area contributed by atoms with Crippen LogP contribution in [0.15, 0.2) is 91.0 Å². The number of hydrogen-bond acceptors (Lipinski definition) is 3. The largest absolute Gasteiger partial charge is 0.456 e. The minimum atomic E-state index is -0.391. The highest BCUT2D eigenvalue weighted by Gasteiger charge is 2.23. The molecule has 4 heteroatoms. The van der Waals surface area contributed by atoms with Gasteiger partial charge in [0.2, 0.25) is 0 Å². The van der Waals surface area contributed by atoms with E-state index in [-0.39, 0.29) is 30.9 Å². The van der Waals surface area contributed by atoms with Crippen LogP contribution in [-0.2, 0) is 14.3 Å². The van der Waals surface area contributed by atoms with Crippen molar-refractivity contribution in [1.29, 1.82) is 0 Å². The molecular weight excluding hydrogens is 374 g/mol.